The molecule has 0 heterocycles. The van der Waals surface area contributed by atoms with Gasteiger partial charge in [0.2, 0.25) is 0 Å². The summed E-state index contributed by atoms with van der Waals surface area (Å²) >= 11 is 0. The molecular weight excluding hydrogens is 220 g/mol. The molecule has 0 spiro atoms. The molecule has 0 radical (unpaired) electrons. The highest BCUT2D eigenvalue weighted by Crippen LogP contribution is 2.27. The van der Waals surface area contributed by atoms with Crippen molar-refractivity contribution in [2.45, 2.75) is 33.1 Å². The summed E-state index contributed by atoms with van der Waals surface area (Å²) in [5.74, 6) is -0.949. The van der Waals surface area contributed by atoms with Crippen molar-refractivity contribution in [3.8, 4) is 0 Å². The van der Waals surface area contributed by atoms with Crippen molar-refractivity contribution < 1.29 is 8.78 Å². The number of hydrogen-bond donors (Lipinski definition) is 1. The Kier molecular flexibility index (Phi) is 5.06. The fourth-order valence-electron chi connectivity index (χ4n) is 1.79. The van der Waals surface area contributed by atoms with E-state index >= 15 is 0 Å². The molecule has 1 aromatic rings. The molecule has 1 nitrogen and oxygen atoms in total. The lowest BCUT2D eigenvalue weighted by atomic mass is 9.83. The molecule has 0 bridgehead atoms. The van der Waals surface area contributed by atoms with Crippen LogP contribution in [-0.2, 0) is 6.42 Å². The van der Waals surface area contributed by atoms with E-state index in [2.05, 4.69) is 19.2 Å². The maximum atomic E-state index is 13.4. The van der Waals surface area contributed by atoms with Crippen molar-refractivity contribution in [2.75, 3.05) is 13.6 Å². The number of halogens is 2. The van der Waals surface area contributed by atoms with E-state index in [0.29, 0.717) is 12.0 Å². The van der Waals surface area contributed by atoms with Crippen LogP contribution in [0.25, 0.3) is 0 Å². The molecule has 0 aliphatic rings. The van der Waals surface area contributed by atoms with Crippen LogP contribution in [0.15, 0.2) is 18.2 Å². The van der Waals surface area contributed by atoms with Gasteiger partial charge < -0.3 is 5.32 Å². The molecule has 0 saturated carbocycles. The Hall–Kier alpha value is -0.960. The molecule has 17 heavy (non-hydrogen) atoms. The Morgan fingerprint density at radius 2 is 1.88 bits per heavy atom. The predicted octanol–water partition coefficient (Wildman–Crippen LogP) is 3.53. The Morgan fingerprint density at radius 1 is 1.18 bits per heavy atom. The molecule has 0 atom stereocenters. The van der Waals surface area contributed by atoms with Crippen LogP contribution in [0.2, 0.25) is 0 Å². The average Bonchev–Trinajstić information content (AvgIpc) is 2.25. The van der Waals surface area contributed by atoms with E-state index in [-0.39, 0.29) is 5.41 Å². The average molecular weight is 241 g/mol. The van der Waals surface area contributed by atoms with Crippen molar-refractivity contribution in [2.24, 2.45) is 5.41 Å². The van der Waals surface area contributed by atoms with E-state index < -0.39 is 11.6 Å². The number of aryl methyl sites for hydroxylation is 1. The van der Waals surface area contributed by atoms with Gasteiger partial charge in [-0.1, -0.05) is 19.9 Å². The van der Waals surface area contributed by atoms with Gasteiger partial charge in [0.1, 0.15) is 11.6 Å². The van der Waals surface area contributed by atoms with E-state index in [0.717, 1.165) is 25.5 Å². The van der Waals surface area contributed by atoms with Crippen LogP contribution in [-0.4, -0.2) is 13.6 Å². The Balaban J connectivity index is 2.54. The van der Waals surface area contributed by atoms with Gasteiger partial charge in [0.05, 0.1) is 0 Å². The third kappa shape index (κ3) is 4.82. The van der Waals surface area contributed by atoms with E-state index in [1.807, 2.05) is 7.05 Å². The van der Waals surface area contributed by atoms with Crippen LogP contribution < -0.4 is 5.32 Å². The first-order chi connectivity index (χ1) is 7.94. The SMILES string of the molecule is CNCCC(C)(C)CCc1ccc(F)cc1F. The predicted molar refractivity (Wildman–Crippen MR) is 67.0 cm³/mol. The Bertz CT molecular complexity index is 361. The number of nitrogens with one attached hydrogen (secondary N) is 1. The molecule has 0 aliphatic carbocycles. The second-order valence-electron chi connectivity index (χ2n) is 5.25. The van der Waals surface area contributed by atoms with Crippen molar-refractivity contribution in [3.63, 3.8) is 0 Å². The quantitative estimate of drug-likeness (QED) is 0.803. The number of hydrogen-bond acceptors (Lipinski definition) is 1. The molecule has 0 aromatic heterocycles. The highest BCUT2D eigenvalue weighted by molar-refractivity contribution is 5.18. The summed E-state index contributed by atoms with van der Waals surface area (Å²) in [5, 5.41) is 3.12. The molecule has 0 aliphatic heterocycles. The van der Waals surface area contributed by atoms with Gasteiger partial charge in [0, 0.05) is 6.07 Å². The monoisotopic (exact) mass is 241 g/mol. The van der Waals surface area contributed by atoms with Gasteiger partial charge in [0.15, 0.2) is 0 Å². The zero-order valence-corrected chi connectivity index (χ0v) is 10.8. The highest BCUT2D eigenvalue weighted by atomic mass is 19.1. The molecular formula is C14H21F2N. The first-order valence-electron chi connectivity index (χ1n) is 6.03. The maximum absolute atomic E-state index is 13.4. The van der Waals surface area contributed by atoms with Gasteiger partial charge in [-0.3, -0.25) is 0 Å². The molecule has 0 saturated heterocycles. The van der Waals surface area contributed by atoms with Gasteiger partial charge in [-0.15, -0.1) is 0 Å². The van der Waals surface area contributed by atoms with E-state index in [1.165, 1.54) is 6.07 Å². The van der Waals surface area contributed by atoms with Gasteiger partial charge in [-0.2, -0.15) is 0 Å². The zero-order valence-electron chi connectivity index (χ0n) is 10.8. The normalized spacial score (nSPS) is 11.8. The minimum Gasteiger partial charge on any atom is -0.320 e. The molecule has 3 heteroatoms. The fraction of sp³-hybridized carbons (Fsp3) is 0.571. The second kappa shape index (κ2) is 6.10. The fourth-order valence-corrected chi connectivity index (χ4v) is 1.79. The first kappa shape index (κ1) is 14.1. The summed E-state index contributed by atoms with van der Waals surface area (Å²) in [4.78, 5) is 0. The number of benzene rings is 1. The van der Waals surface area contributed by atoms with Crippen molar-refractivity contribution in [1.29, 1.82) is 0 Å². The van der Waals surface area contributed by atoms with Crippen molar-refractivity contribution in [3.05, 3.63) is 35.4 Å². The van der Waals surface area contributed by atoms with Crippen molar-refractivity contribution >= 4 is 0 Å². The minimum absolute atomic E-state index is 0.170. The molecule has 1 N–H and O–H groups in total. The molecule has 0 fully saturated rings. The van der Waals surface area contributed by atoms with Gasteiger partial charge in [-0.05, 0) is 49.9 Å². The van der Waals surface area contributed by atoms with Crippen LogP contribution in [0.4, 0.5) is 8.78 Å². The third-order valence-corrected chi connectivity index (χ3v) is 3.14. The van der Waals surface area contributed by atoms with E-state index in [4.69, 9.17) is 0 Å². The summed E-state index contributed by atoms with van der Waals surface area (Å²) in [6.45, 7) is 5.30. The minimum atomic E-state index is -0.513. The topological polar surface area (TPSA) is 12.0 Å². The first-order valence-corrected chi connectivity index (χ1v) is 6.03. The summed E-state index contributed by atoms with van der Waals surface area (Å²) < 4.78 is 26.2. The molecule has 0 amide bonds. The standard InChI is InChI=1S/C14H21F2N/c1-14(2,8-9-17-3)7-6-11-4-5-12(15)10-13(11)16/h4-5,10,17H,6-9H2,1-3H3. The van der Waals surface area contributed by atoms with E-state index in [1.54, 1.807) is 6.07 Å². The summed E-state index contributed by atoms with van der Waals surface area (Å²) in [6.07, 6.45) is 2.60. The largest absolute Gasteiger partial charge is 0.320 e. The van der Waals surface area contributed by atoms with E-state index in [9.17, 15) is 8.78 Å². The van der Waals surface area contributed by atoms with Crippen LogP contribution in [0.5, 0.6) is 0 Å². The lowest BCUT2D eigenvalue weighted by Crippen LogP contribution is -2.20. The molecule has 0 unspecified atom stereocenters. The van der Waals surface area contributed by atoms with Crippen molar-refractivity contribution in [1.82, 2.24) is 5.32 Å². The smallest absolute Gasteiger partial charge is 0.129 e. The van der Waals surface area contributed by atoms with Gasteiger partial charge in [0.25, 0.3) is 0 Å². The Labute approximate surface area is 102 Å². The van der Waals surface area contributed by atoms with Crippen LogP contribution >= 0.6 is 0 Å². The lowest BCUT2D eigenvalue weighted by Gasteiger charge is -2.24. The summed E-state index contributed by atoms with van der Waals surface area (Å²) in [5.41, 5.74) is 0.771. The summed E-state index contributed by atoms with van der Waals surface area (Å²) in [7, 11) is 1.93. The summed E-state index contributed by atoms with van der Waals surface area (Å²) in [6, 6.07) is 3.81. The second-order valence-corrected chi connectivity index (χ2v) is 5.25. The molecule has 1 rings (SSSR count). The molecule has 96 valence electrons. The van der Waals surface area contributed by atoms with Crippen LogP contribution in [0.3, 0.4) is 0 Å². The molecule has 1 aromatic carbocycles. The highest BCUT2D eigenvalue weighted by Gasteiger charge is 2.17. The Morgan fingerprint density at radius 3 is 2.47 bits per heavy atom. The van der Waals surface area contributed by atoms with Crippen LogP contribution in [0.1, 0.15) is 32.3 Å². The zero-order chi connectivity index (χ0) is 12.9. The van der Waals surface area contributed by atoms with Gasteiger partial charge >= 0.3 is 0 Å². The van der Waals surface area contributed by atoms with Gasteiger partial charge in [-0.25, -0.2) is 8.78 Å². The number of rotatable bonds is 6. The van der Waals surface area contributed by atoms with Crippen LogP contribution in [0, 0.1) is 17.0 Å². The third-order valence-electron chi connectivity index (χ3n) is 3.14. The maximum Gasteiger partial charge on any atom is 0.129 e. The lowest BCUT2D eigenvalue weighted by molar-refractivity contribution is 0.304.